The summed E-state index contributed by atoms with van der Waals surface area (Å²) in [6.07, 6.45) is 0. The van der Waals surface area contributed by atoms with Crippen molar-refractivity contribution in [3.8, 4) is 17.2 Å². The first-order valence-electron chi connectivity index (χ1n) is 9.47. The molecule has 1 N–H and O–H groups in total. The topological polar surface area (TPSA) is 77.4 Å². The minimum absolute atomic E-state index is 0.362. The smallest absolute Gasteiger partial charge is 0.320 e. The van der Waals surface area contributed by atoms with E-state index in [1.165, 1.54) is 0 Å². The summed E-state index contributed by atoms with van der Waals surface area (Å²) in [7, 11) is 3.18. The molecule has 2 atom stereocenters. The van der Waals surface area contributed by atoms with Gasteiger partial charge in [0.1, 0.15) is 17.2 Å². The van der Waals surface area contributed by atoms with Crippen LogP contribution >= 0.6 is 0 Å². The summed E-state index contributed by atoms with van der Waals surface area (Å²) >= 11 is 0. The molecule has 1 aliphatic rings. The molecule has 4 rings (SSSR count). The second-order valence-corrected chi connectivity index (χ2v) is 6.90. The highest BCUT2D eigenvalue weighted by molar-refractivity contribution is 6.08. The van der Waals surface area contributed by atoms with Crippen molar-refractivity contribution >= 4 is 11.7 Å². The summed E-state index contributed by atoms with van der Waals surface area (Å²) in [6.45, 7) is 0. The molecule has 0 amide bonds. The number of ether oxygens (including phenoxy) is 3. The third-order valence-corrected chi connectivity index (χ3v) is 5.31. The number of hydrogen-bond acceptors (Lipinski definition) is 6. The Balaban J connectivity index is 1.85. The van der Waals surface area contributed by atoms with Gasteiger partial charge < -0.3 is 19.4 Å². The van der Waals surface area contributed by atoms with E-state index < -0.39 is 11.8 Å². The van der Waals surface area contributed by atoms with Crippen LogP contribution in [0.1, 0.15) is 28.5 Å². The van der Waals surface area contributed by atoms with Crippen LogP contribution < -0.4 is 14.2 Å². The minimum atomic E-state index is -0.650. The maximum atomic E-state index is 12.9. The predicted molar refractivity (Wildman–Crippen MR) is 112 cm³/mol. The third-order valence-electron chi connectivity index (χ3n) is 5.31. The van der Waals surface area contributed by atoms with Crippen molar-refractivity contribution in [3.63, 3.8) is 0 Å². The van der Waals surface area contributed by atoms with Crippen LogP contribution in [0, 0.1) is 0 Å². The standard InChI is InChI=1S/C24H21NO5/c1-28-17-11-7-15(8-12-17)21(22-19-5-3-4-6-20(19)30-24(22)26)23(25-27)16-9-13-18(29-2)14-10-16/h3-14,21-22,27H,1-2H3/b25-23+/t21-,22-/m0/s1. The summed E-state index contributed by atoms with van der Waals surface area (Å²) in [4.78, 5) is 12.9. The van der Waals surface area contributed by atoms with Crippen LogP contribution in [-0.4, -0.2) is 31.1 Å². The van der Waals surface area contributed by atoms with Crippen molar-refractivity contribution in [2.24, 2.45) is 5.16 Å². The molecular weight excluding hydrogens is 382 g/mol. The Hall–Kier alpha value is -3.80. The zero-order chi connectivity index (χ0) is 21.1. The molecule has 0 bridgehead atoms. The van der Waals surface area contributed by atoms with Crippen LogP contribution in [-0.2, 0) is 4.79 Å². The maximum absolute atomic E-state index is 12.9. The lowest BCUT2D eigenvalue weighted by Crippen LogP contribution is -2.26. The summed E-state index contributed by atoms with van der Waals surface area (Å²) < 4.78 is 16.0. The number of oxime groups is 1. The number of para-hydroxylation sites is 1. The van der Waals surface area contributed by atoms with Crippen LogP contribution in [0.25, 0.3) is 0 Å². The summed E-state index contributed by atoms with van der Waals surface area (Å²) in [5, 5.41) is 13.6. The molecule has 0 radical (unpaired) electrons. The van der Waals surface area contributed by atoms with Crippen LogP contribution in [0.15, 0.2) is 78.0 Å². The van der Waals surface area contributed by atoms with E-state index in [4.69, 9.17) is 14.2 Å². The van der Waals surface area contributed by atoms with Crippen LogP contribution in [0.4, 0.5) is 0 Å². The highest BCUT2D eigenvalue weighted by atomic mass is 16.5. The average Bonchev–Trinajstić information content (AvgIpc) is 3.13. The van der Waals surface area contributed by atoms with Gasteiger partial charge in [0.15, 0.2) is 0 Å². The molecule has 0 aromatic heterocycles. The van der Waals surface area contributed by atoms with Gasteiger partial charge in [-0.15, -0.1) is 0 Å². The lowest BCUT2D eigenvalue weighted by atomic mass is 9.77. The Morgan fingerprint density at radius 2 is 1.53 bits per heavy atom. The summed E-state index contributed by atoms with van der Waals surface area (Å²) in [5.41, 5.74) is 2.61. The van der Waals surface area contributed by atoms with Gasteiger partial charge in [0.2, 0.25) is 0 Å². The molecule has 0 fully saturated rings. The molecule has 152 valence electrons. The van der Waals surface area contributed by atoms with Gasteiger partial charge in [0, 0.05) is 17.0 Å². The molecule has 0 unspecified atom stereocenters. The molecule has 0 spiro atoms. The van der Waals surface area contributed by atoms with Gasteiger partial charge in [-0.1, -0.05) is 35.5 Å². The first kappa shape index (κ1) is 19.5. The molecule has 3 aromatic rings. The zero-order valence-electron chi connectivity index (χ0n) is 16.6. The number of nitrogens with zero attached hydrogens (tertiary/aromatic N) is 1. The number of methoxy groups -OCH3 is 2. The van der Waals surface area contributed by atoms with Gasteiger partial charge >= 0.3 is 5.97 Å². The normalized spacial score (nSPS) is 16.5. The molecule has 6 nitrogen and oxygen atoms in total. The van der Waals surface area contributed by atoms with E-state index in [0.29, 0.717) is 28.5 Å². The minimum Gasteiger partial charge on any atom is -0.497 e. The number of hydrogen-bond donors (Lipinski definition) is 1. The predicted octanol–water partition coefficient (Wildman–Crippen LogP) is 4.37. The van der Waals surface area contributed by atoms with Gasteiger partial charge in [-0.2, -0.15) is 0 Å². The second-order valence-electron chi connectivity index (χ2n) is 6.90. The van der Waals surface area contributed by atoms with Crippen molar-refractivity contribution in [1.29, 1.82) is 0 Å². The number of carbonyl (C=O) groups excluding carboxylic acids is 1. The van der Waals surface area contributed by atoms with Gasteiger partial charge in [-0.3, -0.25) is 4.79 Å². The van der Waals surface area contributed by atoms with Crippen LogP contribution in [0.3, 0.4) is 0 Å². The van der Waals surface area contributed by atoms with E-state index >= 15 is 0 Å². The summed E-state index contributed by atoms with van der Waals surface area (Å²) in [5.74, 6) is 0.305. The molecular formula is C24H21NO5. The van der Waals surface area contributed by atoms with Crippen molar-refractivity contribution in [3.05, 3.63) is 89.5 Å². The third kappa shape index (κ3) is 3.48. The van der Waals surface area contributed by atoms with Crippen molar-refractivity contribution in [2.45, 2.75) is 11.8 Å². The SMILES string of the molecule is COc1ccc(/C(=N\O)[C@@H](c2ccc(OC)cc2)[C@H]2C(=O)Oc3ccccc32)cc1. The molecule has 3 aromatic carbocycles. The van der Waals surface area contributed by atoms with Gasteiger partial charge in [0.25, 0.3) is 0 Å². The Kier molecular flexibility index (Phi) is 5.39. The molecule has 0 aliphatic carbocycles. The molecule has 1 heterocycles. The maximum Gasteiger partial charge on any atom is 0.320 e. The number of benzene rings is 3. The van der Waals surface area contributed by atoms with E-state index in [0.717, 1.165) is 11.1 Å². The quantitative estimate of drug-likeness (QED) is 0.217. The highest BCUT2D eigenvalue weighted by Crippen LogP contribution is 2.45. The largest absolute Gasteiger partial charge is 0.497 e. The average molecular weight is 403 g/mol. The fraction of sp³-hybridized carbons (Fsp3) is 0.167. The first-order chi connectivity index (χ1) is 14.7. The van der Waals surface area contributed by atoms with E-state index in [9.17, 15) is 10.0 Å². The van der Waals surface area contributed by atoms with Gasteiger partial charge in [-0.25, -0.2) is 0 Å². The van der Waals surface area contributed by atoms with E-state index in [2.05, 4.69) is 5.16 Å². The van der Waals surface area contributed by atoms with Crippen LogP contribution in [0.5, 0.6) is 17.2 Å². The van der Waals surface area contributed by atoms with Gasteiger partial charge in [-0.05, 0) is 48.0 Å². The number of esters is 1. The Morgan fingerprint density at radius 3 is 2.13 bits per heavy atom. The lowest BCUT2D eigenvalue weighted by molar-refractivity contribution is -0.134. The van der Waals surface area contributed by atoms with Crippen LogP contribution in [0.2, 0.25) is 0 Å². The summed E-state index contributed by atoms with van der Waals surface area (Å²) in [6, 6.07) is 21.9. The number of carbonyl (C=O) groups is 1. The lowest BCUT2D eigenvalue weighted by Gasteiger charge is -2.23. The molecule has 0 saturated carbocycles. The Labute approximate surface area is 174 Å². The number of rotatable bonds is 6. The first-order valence-corrected chi connectivity index (χ1v) is 9.47. The monoisotopic (exact) mass is 403 g/mol. The Bertz CT molecular complexity index is 1070. The van der Waals surface area contributed by atoms with E-state index in [1.807, 2.05) is 42.5 Å². The van der Waals surface area contributed by atoms with Crippen molar-refractivity contribution < 1.29 is 24.2 Å². The number of fused-ring (bicyclic) bond motifs is 1. The Morgan fingerprint density at radius 1 is 0.933 bits per heavy atom. The molecule has 6 heteroatoms. The zero-order valence-corrected chi connectivity index (χ0v) is 16.6. The van der Waals surface area contributed by atoms with Gasteiger partial charge in [0.05, 0.1) is 25.8 Å². The molecule has 30 heavy (non-hydrogen) atoms. The fourth-order valence-electron chi connectivity index (χ4n) is 3.83. The highest BCUT2D eigenvalue weighted by Gasteiger charge is 2.42. The molecule has 1 aliphatic heterocycles. The van der Waals surface area contributed by atoms with E-state index in [1.54, 1.807) is 44.6 Å². The van der Waals surface area contributed by atoms with Crippen molar-refractivity contribution in [2.75, 3.05) is 14.2 Å². The van der Waals surface area contributed by atoms with Crippen molar-refractivity contribution in [1.82, 2.24) is 0 Å². The van der Waals surface area contributed by atoms with E-state index in [-0.39, 0.29) is 5.97 Å². The second kappa shape index (κ2) is 8.29. The molecule has 0 saturated heterocycles. The fourth-order valence-corrected chi connectivity index (χ4v) is 3.83.